The van der Waals surface area contributed by atoms with E-state index < -0.39 is 16.2 Å². The molecule has 2 aliphatic rings. The number of hydrogen-bond acceptors (Lipinski definition) is 4. The zero-order chi connectivity index (χ0) is 20.5. The summed E-state index contributed by atoms with van der Waals surface area (Å²) in [7, 11) is -0.139. The van der Waals surface area contributed by atoms with Crippen molar-refractivity contribution in [2.75, 3.05) is 32.5 Å². The SMILES string of the molecule is CC(C)N(CCN(C)C)S(=O)(=O)NC(=O)Nc1c2c(cc3c1CCC3)CCC2. The van der Waals surface area contributed by atoms with E-state index in [1.807, 2.05) is 32.8 Å². The number of anilines is 1. The van der Waals surface area contributed by atoms with Crippen molar-refractivity contribution >= 4 is 21.9 Å². The monoisotopic (exact) mass is 408 g/mol. The highest BCUT2D eigenvalue weighted by Crippen LogP contribution is 2.38. The van der Waals surface area contributed by atoms with Crippen LogP contribution in [0.1, 0.15) is 48.9 Å². The van der Waals surface area contributed by atoms with Crippen LogP contribution in [0.4, 0.5) is 10.5 Å². The van der Waals surface area contributed by atoms with E-state index in [9.17, 15) is 13.2 Å². The van der Waals surface area contributed by atoms with E-state index in [0.29, 0.717) is 13.1 Å². The van der Waals surface area contributed by atoms with Gasteiger partial charge >= 0.3 is 16.2 Å². The number of carbonyl (C=O) groups is 1. The van der Waals surface area contributed by atoms with Crippen LogP contribution in [0.2, 0.25) is 0 Å². The summed E-state index contributed by atoms with van der Waals surface area (Å²) < 4.78 is 29.1. The number of likely N-dealkylation sites (N-methyl/N-ethyl adjacent to an activating group) is 1. The first-order chi connectivity index (χ1) is 13.2. The number of amides is 2. The van der Waals surface area contributed by atoms with Crippen molar-refractivity contribution in [3.8, 4) is 0 Å². The summed E-state index contributed by atoms with van der Waals surface area (Å²) in [6, 6.07) is 1.37. The minimum Gasteiger partial charge on any atom is -0.308 e. The Morgan fingerprint density at radius 2 is 1.61 bits per heavy atom. The van der Waals surface area contributed by atoms with Gasteiger partial charge in [-0.1, -0.05) is 6.07 Å². The number of urea groups is 1. The molecule has 0 saturated carbocycles. The van der Waals surface area contributed by atoms with Crippen molar-refractivity contribution in [1.82, 2.24) is 13.9 Å². The fourth-order valence-corrected chi connectivity index (χ4v) is 5.52. The number of nitrogens with one attached hydrogen (secondary N) is 2. The molecule has 8 heteroatoms. The summed E-state index contributed by atoms with van der Waals surface area (Å²) in [6.07, 6.45) is 6.10. The summed E-state index contributed by atoms with van der Waals surface area (Å²) in [5, 5.41) is 2.89. The topological polar surface area (TPSA) is 81.8 Å². The van der Waals surface area contributed by atoms with E-state index >= 15 is 0 Å². The lowest BCUT2D eigenvalue weighted by Gasteiger charge is -2.27. The Balaban J connectivity index is 1.77. The van der Waals surface area contributed by atoms with Crippen molar-refractivity contribution in [3.05, 3.63) is 28.3 Å². The van der Waals surface area contributed by atoms with Crippen LogP contribution >= 0.6 is 0 Å². The van der Waals surface area contributed by atoms with Crippen molar-refractivity contribution in [2.24, 2.45) is 0 Å². The molecule has 2 amide bonds. The summed E-state index contributed by atoms with van der Waals surface area (Å²) in [4.78, 5) is 14.6. The molecule has 0 heterocycles. The highest BCUT2D eigenvalue weighted by molar-refractivity contribution is 7.87. The second-order valence-electron chi connectivity index (χ2n) is 8.30. The average molecular weight is 409 g/mol. The lowest BCUT2D eigenvalue weighted by molar-refractivity contribution is 0.254. The number of aryl methyl sites for hydroxylation is 2. The Bertz CT molecular complexity index is 817. The van der Waals surface area contributed by atoms with Gasteiger partial charge in [-0.3, -0.25) is 0 Å². The summed E-state index contributed by atoms with van der Waals surface area (Å²) >= 11 is 0. The van der Waals surface area contributed by atoms with E-state index in [4.69, 9.17) is 0 Å². The van der Waals surface area contributed by atoms with Crippen molar-refractivity contribution in [1.29, 1.82) is 0 Å². The van der Waals surface area contributed by atoms with Crippen LogP contribution in [0, 0.1) is 0 Å². The van der Waals surface area contributed by atoms with Crippen LogP contribution in [0.3, 0.4) is 0 Å². The maximum Gasteiger partial charge on any atom is 0.333 e. The number of rotatable bonds is 7. The fourth-order valence-electron chi connectivity index (χ4n) is 4.24. The Kier molecular flexibility index (Phi) is 6.31. The van der Waals surface area contributed by atoms with Gasteiger partial charge < -0.3 is 10.2 Å². The highest BCUT2D eigenvalue weighted by atomic mass is 32.2. The molecule has 0 radical (unpaired) electrons. The Morgan fingerprint density at radius 1 is 1.04 bits per heavy atom. The quantitative estimate of drug-likeness (QED) is 0.725. The van der Waals surface area contributed by atoms with E-state index in [1.54, 1.807) is 0 Å². The van der Waals surface area contributed by atoms with Gasteiger partial charge in [0.15, 0.2) is 0 Å². The number of nitrogens with zero attached hydrogens (tertiary/aromatic N) is 2. The summed E-state index contributed by atoms with van der Waals surface area (Å²) in [5.74, 6) is 0. The molecule has 0 fully saturated rings. The van der Waals surface area contributed by atoms with Gasteiger partial charge in [0.25, 0.3) is 0 Å². The van der Waals surface area contributed by atoms with Crippen molar-refractivity contribution < 1.29 is 13.2 Å². The zero-order valence-corrected chi connectivity index (χ0v) is 18.2. The smallest absolute Gasteiger partial charge is 0.308 e. The molecule has 0 unspecified atom stereocenters. The van der Waals surface area contributed by atoms with Crippen LogP contribution in [-0.2, 0) is 35.9 Å². The zero-order valence-electron chi connectivity index (χ0n) is 17.3. The van der Waals surface area contributed by atoms with Crippen LogP contribution in [0.15, 0.2) is 6.07 Å². The Labute approximate surface area is 168 Å². The Morgan fingerprint density at radius 3 is 2.11 bits per heavy atom. The van der Waals surface area contributed by atoms with Crippen LogP contribution in [-0.4, -0.2) is 56.9 Å². The van der Waals surface area contributed by atoms with Crippen molar-refractivity contribution in [3.63, 3.8) is 0 Å². The molecule has 0 atom stereocenters. The van der Waals surface area contributed by atoms with E-state index in [2.05, 4.69) is 16.1 Å². The highest BCUT2D eigenvalue weighted by Gasteiger charge is 2.29. The molecule has 7 nitrogen and oxygen atoms in total. The molecule has 2 aliphatic carbocycles. The lowest BCUT2D eigenvalue weighted by Crippen LogP contribution is -2.49. The number of benzene rings is 1. The molecular weight excluding hydrogens is 376 g/mol. The van der Waals surface area contributed by atoms with Gasteiger partial charge in [-0.15, -0.1) is 0 Å². The van der Waals surface area contributed by atoms with Gasteiger partial charge in [-0.2, -0.15) is 12.7 Å². The van der Waals surface area contributed by atoms with Crippen LogP contribution < -0.4 is 10.0 Å². The first-order valence-corrected chi connectivity index (χ1v) is 11.5. The predicted molar refractivity (Wildman–Crippen MR) is 112 cm³/mol. The second-order valence-corrected chi connectivity index (χ2v) is 9.93. The molecule has 0 bridgehead atoms. The maximum absolute atomic E-state index is 12.8. The first kappa shape index (κ1) is 21.1. The molecule has 0 aromatic heterocycles. The molecule has 28 heavy (non-hydrogen) atoms. The number of fused-ring (bicyclic) bond motifs is 2. The third kappa shape index (κ3) is 4.50. The predicted octanol–water partition coefficient (Wildman–Crippen LogP) is 2.30. The van der Waals surface area contributed by atoms with Crippen molar-refractivity contribution in [2.45, 2.75) is 58.4 Å². The summed E-state index contributed by atoms with van der Waals surface area (Å²) in [6.45, 7) is 4.53. The molecular formula is C20H32N4O3S. The molecule has 2 N–H and O–H groups in total. The first-order valence-electron chi connectivity index (χ1n) is 10.1. The van der Waals surface area contributed by atoms with Gasteiger partial charge in [0.1, 0.15) is 0 Å². The number of carbonyl (C=O) groups excluding carboxylic acids is 1. The summed E-state index contributed by atoms with van der Waals surface area (Å²) in [5.41, 5.74) is 5.81. The third-order valence-electron chi connectivity index (χ3n) is 5.59. The molecule has 0 spiro atoms. The lowest BCUT2D eigenvalue weighted by atomic mass is 9.99. The minimum atomic E-state index is -3.92. The molecule has 1 aromatic rings. The maximum atomic E-state index is 12.8. The third-order valence-corrected chi connectivity index (χ3v) is 7.25. The standard InChI is InChI=1S/C20H32N4O3S/c1-14(2)24(12-11-23(3)4)28(26,27)22-20(25)21-19-17-9-5-7-15(17)13-16-8-6-10-18(16)19/h13-14H,5-12H2,1-4H3,(H2,21,22,25). The number of hydrogen-bond donors (Lipinski definition) is 2. The van der Waals surface area contributed by atoms with Gasteiger partial charge in [0.05, 0.1) is 0 Å². The van der Waals surface area contributed by atoms with Gasteiger partial charge in [0.2, 0.25) is 0 Å². The molecule has 0 aliphatic heterocycles. The van der Waals surface area contributed by atoms with E-state index in [0.717, 1.165) is 44.2 Å². The van der Waals surface area contributed by atoms with E-state index in [-0.39, 0.29) is 6.04 Å². The minimum absolute atomic E-state index is 0.240. The molecule has 0 saturated heterocycles. The van der Waals surface area contributed by atoms with Crippen LogP contribution in [0.5, 0.6) is 0 Å². The molecule has 1 aromatic carbocycles. The van der Waals surface area contributed by atoms with Gasteiger partial charge in [-0.05, 0) is 88.7 Å². The van der Waals surface area contributed by atoms with Gasteiger partial charge in [-0.25, -0.2) is 9.52 Å². The fraction of sp³-hybridized carbons (Fsp3) is 0.650. The largest absolute Gasteiger partial charge is 0.333 e. The van der Waals surface area contributed by atoms with Gasteiger partial charge in [0, 0.05) is 24.8 Å². The molecule has 156 valence electrons. The normalized spacial score (nSPS) is 16.0. The van der Waals surface area contributed by atoms with Crippen LogP contribution in [0.25, 0.3) is 0 Å². The Hall–Kier alpha value is -1.64. The van der Waals surface area contributed by atoms with E-state index in [1.165, 1.54) is 26.6 Å². The average Bonchev–Trinajstić information content (AvgIpc) is 3.21. The molecule has 3 rings (SSSR count). The second kappa shape index (κ2) is 8.39.